The minimum absolute atomic E-state index is 0.000925. The number of rotatable bonds is 5. The Balaban J connectivity index is 1.51. The molecule has 0 aromatic heterocycles. The highest BCUT2D eigenvalue weighted by molar-refractivity contribution is 5.96. The summed E-state index contributed by atoms with van der Waals surface area (Å²) in [6.07, 6.45) is 0.296. The molecule has 2 N–H and O–H groups in total. The molecule has 1 atom stereocenters. The average molecular weight is 353 g/mol. The van der Waals surface area contributed by atoms with E-state index in [-0.39, 0.29) is 18.0 Å². The first-order valence-electron chi connectivity index (χ1n) is 8.59. The van der Waals surface area contributed by atoms with Gasteiger partial charge >= 0.3 is 6.03 Å². The van der Waals surface area contributed by atoms with Crippen LogP contribution in [-0.4, -0.2) is 31.6 Å². The number of urea groups is 1. The second-order valence-corrected chi connectivity index (χ2v) is 6.42. The summed E-state index contributed by atoms with van der Waals surface area (Å²) in [6, 6.07) is 14.8. The molecule has 0 saturated carbocycles. The van der Waals surface area contributed by atoms with Gasteiger partial charge in [-0.1, -0.05) is 29.8 Å². The topological polar surface area (TPSA) is 70.7 Å². The number of hydrogen-bond donors (Lipinski definition) is 2. The molecule has 3 amide bonds. The molecule has 1 saturated heterocycles. The third-order valence-corrected chi connectivity index (χ3v) is 4.42. The lowest BCUT2D eigenvalue weighted by Gasteiger charge is -2.17. The molecule has 6 nitrogen and oxygen atoms in total. The Morgan fingerprint density at radius 1 is 1.15 bits per heavy atom. The molecule has 1 aliphatic heterocycles. The van der Waals surface area contributed by atoms with Crippen LogP contribution in [0.5, 0.6) is 5.75 Å². The smallest absolute Gasteiger partial charge is 0.315 e. The number of benzene rings is 2. The fourth-order valence-electron chi connectivity index (χ4n) is 2.94. The van der Waals surface area contributed by atoms with Crippen molar-refractivity contribution in [1.82, 2.24) is 10.6 Å². The van der Waals surface area contributed by atoms with E-state index in [1.54, 1.807) is 12.0 Å². The van der Waals surface area contributed by atoms with Crippen molar-refractivity contribution in [2.24, 2.45) is 0 Å². The van der Waals surface area contributed by atoms with Crippen molar-refractivity contribution in [2.75, 3.05) is 18.6 Å². The van der Waals surface area contributed by atoms with E-state index in [0.717, 1.165) is 17.0 Å². The standard InChI is InChI=1S/C20H23N3O3/c1-14-3-5-15(6-4-14)12-21-20(25)22-16-11-19(24)23(13-16)17-7-9-18(26-2)10-8-17/h3-10,16H,11-13H2,1-2H3,(H2,21,22,25)/t16-/m1/s1. The Hall–Kier alpha value is -3.02. The van der Waals surface area contributed by atoms with Crippen LogP contribution in [0.3, 0.4) is 0 Å². The Morgan fingerprint density at radius 3 is 2.50 bits per heavy atom. The maximum absolute atomic E-state index is 12.3. The highest BCUT2D eigenvalue weighted by Crippen LogP contribution is 2.24. The second kappa shape index (κ2) is 7.91. The lowest BCUT2D eigenvalue weighted by molar-refractivity contribution is -0.117. The monoisotopic (exact) mass is 353 g/mol. The zero-order valence-electron chi connectivity index (χ0n) is 15.0. The Bertz CT molecular complexity index is 772. The van der Waals surface area contributed by atoms with E-state index in [2.05, 4.69) is 10.6 Å². The number of amides is 3. The number of nitrogens with one attached hydrogen (secondary N) is 2. The molecule has 136 valence electrons. The Labute approximate surface area is 153 Å². The van der Waals surface area contributed by atoms with Crippen LogP contribution in [0.25, 0.3) is 0 Å². The van der Waals surface area contributed by atoms with Gasteiger partial charge in [0.15, 0.2) is 0 Å². The van der Waals surface area contributed by atoms with E-state index < -0.39 is 0 Å². The predicted octanol–water partition coefficient (Wildman–Crippen LogP) is 2.61. The SMILES string of the molecule is COc1ccc(N2C[C@H](NC(=O)NCc3ccc(C)cc3)CC2=O)cc1. The molecule has 0 bridgehead atoms. The van der Waals surface area contributed by atoms with Gasteiger partial charge in [-0.05, 0) is 36.8 Å². The van der Waals surface area contributed by atoms with E-state index in [1.165, 1.54) is 5.56 Å². The zero-order chi connectivity index (χ0) is 18.5. The largest absolute Gasteiger partial charge is 0.497 e. The van der Waals surface area contributed by atoms with E-state index in [0.29, 0.717) is 19.5 Å². The molecule has 3 rings (SSSR count). The van der Waals surface area contributed by atoms with Gasteiger partial charge in [-0.2, -0.15) is 0 Å². The van der Waals surface area contributed by atoms with Crippen molar-refractivity contribution >= 4 is 17.6 Å². The summed E-state index contributed by atoms with van der Waals surface area (Å²) in [7, 11) is 1.60. The van der Waals surface area contributed by atoms with Crippen molar-refractivity contribution in [3.8, 4) is 5.75 Å². The number of hydrogen-bond acceptors (Lipinski definition) is 3. The molecule has 6 heteroatoms. The zero-order valence-corrected chi connectivity index (χ0v) is 15.0. The van der Waals surface area contributed by atoms with Crippen LogP contribution in [-0.2, 0) is 11.3 Å². The molecular formula is C20H23N3O3. The summed E-state index contributed by atoms with van der Waals surface area (Å²) in [5.41, 5.74) is 3.02. The van der Waals surface area contributed by atoms with Gasteiger partial charge in [0.05, 0.1) is 13.2 Å². The number of carbonyl (C=O) groups is 2. The number of anilines is 1. The van der Waals surface area contributed by atoms with Crippen LogP contribution in [0.1, 0.15) is 17.5 Å². The fraction of sp³-hybridized carbons (Fsp3) is 0.300. The summed E-state index contributed by atoms with van der Waals surface area (Å²) in [6.45, 7) is 2.94. The van der Waals surface area contributed by atoms with E-state index >= 15 is 0 Å². The van der Waals surface area contributed by atoms with Gasteiger partial charge in [-0.3, -0.25) is 4.79 Å². The van der Waals surface area contributed by atoms with Gasteiger partial charge in [0, 0.05) is 25.2 Å². The molecule has 0 aliphatic carbocycles. The second-order valence-electron chi connectivity index (χ2n) is 6.42. The lowest BCUT2D eigenvalue weighted by atomic mass is 10.1. The molecule has 1 fully saturated rings. The molecule has 2 aromatic rings. The summed E-state index contributed by atoms with van der Waals surface area (Å²) in [5.74, 6) is 0.740. The Morgan fingerprint density at radius 2 is 1.85 bits per heavy atom. The number of aryl methyl sites for hydroxylation is 1. The first kappa shape index (κ1) is 17.8. The van der Waals surface area contributed by atoms with Crippen LogP contribution in [0.2, 0.25) is 0 Å². The van der Waals surface area contributed by atoms with Crippen LogP contribution in [0.4, 0.5) is 10.5 Å². The fourth-order valence-corrected chi connectivity index (χ4v) is 2.94. The van der Waals surface area contributed by atoms with E-state index in [1.807, 2.05) is 55.5 Å². The van der Waals surface area contributed by atoms with Crippen molar-refractivity contribution in [1.29, 1.82) is 0 Å². The molecule has 0 unspecified atom stereocenters. The van der Waals surface area contributed by atoms with Gasteiger partial charge < -0.3 is 20.3 Å². The number of ether oxygens (including phenoxy) is 1. The highest BCUT2D eigenvalue weighted by Gasteiger charge is 2.31. The molecule has 0 radical (unpaired) electrons. The highest BCUT2D eigenvalue weighted by atomic mass is 16.5. The summed E-state index contributed by atoms with van der Waals surface area (Å²) in [5, 5.41) is 5.71. The first-order valence-corrected chi connectivity index (χ1v) is 8.59. The maximum Gasteiger partial charge on any atom is 0.315 e. The van der Waals surface area contributed by atoms with Gasteiger partial charge in [-0.15, -0.1) is 0 Å². The molecular weight excluding hydrogens is 330 g/mol. The molecule has 1 aliphatic rings. The summed E-state index contributed by atoms with van der Waals surface area (Å²) in [4.78, 5) is 26.0. The molecule has 2 aromatic carbocycles. The van der Waals surface area contributed by atoms with Gasteiger partial charge in [0.25, 0.3) is 0 Å². The minimum Gasteiger partial charge on any atom is -0.497 e. The Kier molecular flexibility index (Phi) is 5.41. The van der Waals surface area contributed by atoms with Crippen LogP contribution < -0.4 is 20.3 Å². The first-order chi connectivity index (χ1) is 12.5. The average Bonchev–Trinajstić information content (AvgIpc) is 3.01. The third kappa shape index (κ3) is 4.33. The van der Waals surface area contributed by atoms with Crippen LogP contribution in [0.15, 0.2) is 48.5 Å². The third-order valence-electron chi connectivity index (χ3n) is 4.42. The van der Waals surface area contributed by atoms with Gasteiger partial charge in [0.2, 0.25) is 5.91 Å². The van der Waals surface area contributed by atoms with Gasteiger partial charge in [0.1, 0.15) is 5.75 Å². The van der Waals surface area contributed by atoms with E-state index in [4.69, 9.17) is 4.74 Å². The maximum atomic E-state index is 12.3. The number of methoxy groups -OCH3 is 1. The summed E-state index contributed by atoms with van der Waals surface area (Å²) < 4.78 is 5.13. The molecule has 26 heavy (non-hydrogen) atoms. The number of nitrogens with zero attached hydrogens (tertiary/aromatic N) is 1. The summed E-state index contributed by atoms with van der Waals surface area (Å²) >= 11 is 0. The normalized spacial score (nSPS) is 16.5. The molecule has 1 heterocycles. The minimum atomic E-state index is -0.264. The van der Waals surface area contributed by atoms with Crippen molar-refractivity contribution < 1.29 is 14.3 Å². The van der Waals surface area contributed by atoms with Gasteiger partial charge in [-0.25, -0.2) is 4.79 Å². The number of carbonyl (C=O) groups excluding carboxylic acids is 2. The van der Waals surface area contributed by atoms with Crippen molar-refractivity contribution in [2.45, 2.75) is 25.9 Å². The van der Waals surface area contributed by atoms with Crippen LogP contribution >= 0.6 is 0 Å². The van der Waals surface area contributed by atoms with Crippen molar-refractivity contribution in [3.05, 3.63) is 59.7 Å². The quantitative estimate of drug-likeness (QED) is 0.868. The van der Waals surface area contributed by atoms with E-state index in [9.17, 15) is 9.59 Å². The van der Waals surface area contributed by atoms with Crippen LogP contribution in [0, 0.1) is 6.92 Å². The van der Waals surface area contributed by atoms with Crippen molar-refractivity contribution in [3.63, 3.8) is 0 Å². The molecule has 0 spiro atoms. The predicted molar refractivity (Wildman–Crippen MR) is 100 cm³/mol. The lowest BCUT2D eigenvalue weighted by Crippen LogP contribution is -2.43.